The van der Waals surface area contributed by atoms with E-state index < -0.39 is 0 Å². The number of aryl methyl sites for hydroxylation is 1. The molecule has 1 rings (SSSR count). The Hall–Kier alpha value is -1.31. The van der Waals surface area contributed by atoms with E-state index in [9.17, 15) is 0 Å². The molecule has 0 saturated carbocycles. The van der Waals surface area contributed by atoms with E-state index in [1.807, 2.05) is 67.7 Å². The van der Waals surface area contributed by atoms with Gasteiger partial charge in [-0.3, -0.25) is 0 Å². The molecule has 0 bridgehead atoms. The average molecular weight is 238 g/mol. The molecular weight excluding hydrogens is 208 g/mol. The number of anilines is 1. The summed E-state index contributed by atoms with van der Waals surface area (Å²) in [6.45, 7) is 17.8. The van der Waals surface area contributed by atoms with Crippen LogP contribution in [0.3, 0.4) is 0 Å². The van der Waals surface area contributed by atoms with Crippen molar-refractivity contribution in [3.05, 3.63) is 30.0 Å². The number of pyridine rings is 1. The van der Waals surface area contributed by atoms with Crippen molar-refractivity contribution in [2.75, 3.05) is 12.4 Å². The first kappa shape index (κ1) is 21.0. The van der Waals surface area contributed by atoms with E-state index in [0.717, 1.165) is 11.4 Å². The van der Waals surface area contributed by atoms with Crippen molar-refractivity contribution in [2.45, 2.75) is 48.5 Å². The van der Waals surface area contributed by atoms with Crippen LogP contribution in [0, 0.1) is 6.92 Å². The normalized spacial score (nSPS) is 7.06. The second-order valence-corrected chi connectivity index (χ2v) is 2.34. The number of aromatic nitrogens is 1. The van der Waals surface area contributed by atoms with Gasteiger partial charge in [-0.15, -0.1) is 0 Å². The van der Waals surface area contributed by atoms with Crippen LogP contribution in [0.4, 0.5) is 5.82 Å². The van der Waals surface area contributed by atoms with E-state index in [1.165, 1.54) is 5.56 Å². The van der Waals surface area contributed by atoms with E-state index in [0.29, 0.717) is 0 Å². The van der Waals surface area contributed by atoms with Gasteiger partial charge < -0.3 is 5.32 Å². The maximum atomic E-state index is 4.15. The summed E-state index contributed by atoms with van der Waals surface area (Å²) in [5.74, 6) is 0.889. The summed E-state index contributed by atoms with van der Waals surface area (Å²) >= 11 is 0. The maximum absolute atomic E-state index is 4.15. The van der Waals surface area contributed by atoms with Gasteiger partial charge in [0.2, 0.25) is 0 Å². The Labute approximate surface area is 108 Å². The largest absolute Gasteiger partial charge is 0.373 e. The summed E-state index contributed by atoms with van der Waals surface area (Å²) in [6.07, 6.45) is 3.60. The van der Waals surface area contributed by atoms with Gasteiger partial charge in [-0.05, 0) is 18.6 Å². The highest BCUT2D eigenvalue weighted by Crippen LogP contribution is 2.16. The zero-order valence-electron chi connectivity index (χ0n) is 12.9. The predicted octanol–water partition coefficient (Wildman–Crippen LogP) is 5.15. The van der Waals surface area contributed by atoms with Crippen LogP contribution in [0.2, 0.25) is 0 Å². The van der Waals surface area contributed by atoms with Crippen LogP contribution in [0.25, 0.3) is 6.08 Å². The topological polar surface area (TPSA) is 24.9 Å². The Kier molecular flexibility index (Phi) is 21.1. The number of nitrogens with one attached hydrogen (secondary N) is 1. The van der Waals surface area contributed by atoms with Gasteiger partial charge in [0, 0.05) is 18.8 Å². The minimum Gasteiger partial charge on any atom is -0.373 e. The molecule has 0 atom stereocenters. The van der Waals surface area contributed by atoms with Gasteiger partial charge >= 0.3 is 0 Å². The summed E-state index contributed by atoms with van der Waals surface area (Å²) in [7, 11) is 1.86. The maximum Gasteiger partial charge on any atom is 0.133 e. The second-order valence-electron chi connectivity index (χ2n) is 2.34. The van der Waals surface area contributed by atoms with E-state index in [-0.39, 0.29) is 0 Å². The zero-order chi connectivity index (χ0) is 14.3. The molecule has 0 radical (unpaired) electrons. The first-order chi connectivity index (χ1) is 8.29. The molecule has 0 fully saturated rings. The molecule has 0 saturated heterocycles. The minimum atomic E-state index is 0.889. The highest BCUT2D eigenvalue weighted by Gasteiger charge is 1.99. The molecule has 17 heavy (non-hydrogen) atoms. The van der Waals surface area contributed by atoms with Crippen LogP contribution in [0.5, 0.6) is 0 Å². The molecule has 1 aromatic rings. The first-order valence-electron chi connectivity index (χ1n) is 6.55. The highest BCUT2D eigenvalue weighted by molar-refractivity contribution is 5.64. The average Bonchev–Trinajstić information content (AvgIpc) is 2.45. The van der Waals surface area contributed by atoms with Crippen molar-refractivity contribution in [3.63, 3.8) is 0 Å². The minimum absolute atomic E-state index is 0.889. The van der Waals surface area contributed by atoms with Crippen LogP contribution in [0.15, 0.2) is 18.8 Å². The first-order valence-corrected chi connectivity index (χ1v) is 6.55. The monoisotopic (exact) mass is 238 g/mol. The van der Waals surface area contributed by atoms with Gasteiger partial charge in [0.1, 0.15) is 5.82 Å². The molecule has 100 valence electrons. The van der Waals surface area contributed by atoms with Crippen molar-refractivity contribution < 1.29 is 0 Å². The van der Waals surface area contributed by atoms with Crippen molar-refractivity contribution in [1.82, 2.24) is 4.98 Å². The fourth-order valence-corrected chi connectivity index (χ4v) is 1.03. The number of nitrogens with zero attached hydrogens (tertiary/aromatic N) is 1. The summed E-state index contributed by atoms with van der Waals surface area (Å²) in [5, 5.41) is 3.00. The number of hydrogen-bond acceptors (Lipinski definition) is 2. The summed E-state index contributed by atoms with van der Waals surface area (Å²) < 4.78 is 0. The van der Waals surface area contributed by atoms with Crippen molar-refractivity contribution in [3.8, 4) is 0 Å². The smallest absolute Gasteiger partial charge is 0.133 e. The van der Waals surface area contributed by atoms with Gasteiger partial charge in [-0.1, -0.05) is 54.2 Å². The number of hydrogen-bond donors (Lipinski definition) is 1. The van der Waals surface area contributed by atoms with E-state index in [2.05, 4.69) is 16.9 Å². The third kappa shape index (κ3) is 8.49. The van der Waals surface area contributed by atoms with Crippen LogP contribution in [-0.4, -0.2) is 12.0 Å². The Morgan fingerprint density at radius 1 is 1.12 bits per heavy atom. The van der Waals surface area contributed by atoms with Crippen molar-refractivity contribution in [2.24, 2.45) is 0 Å². The van der Waals surface area contributed by atoms with E-state index in [1.54, 1.807) is 6.20 Å². The lowest BCUT2D eigenvalue weighted by Gasteiger charge is -2.05. The molecule has 1 heterocycles. The zero-order valence-corrected chi connectivity index (χ0v) is 12.9. The highest BCUT2D eigenvalue weighted by atomic mass is 15.0. The standard InChI is InChI=1S/C9H12N2.3C2H6/c1-4-8-7(2)5-6-11-9(8)10-3;3*1-2/h4-6H,1H2,2-3H3,(H,10,11);3*1-2H3. The van der Waals surface area contributed by atoms with Crippen molar-refractivity contribution in [1.29, 1.82) is 0 Å². The van der Waals surface area contributed by atoms with Gasteiger partial charge in [-0.25, -0.2) is 4.98 Å². The summed E-state index contributed by atoms with van der Waals surface area (Å²) in [5.41, 5.74) is 2.27. The van der Waals surface area contributed by atoms with Crippen LogP contribution >= 0.6 is 0 Å². The van der Waals surface area contributed by atoms with Gasteiger partial charge in [-0.2, -0.15) is 0 Å². The SMILES string of the molecule is C=Cc1c(C)ccnc1NC.CC.CC.CC. The van der Waals surface area contributed by atoms with E-state index in [4.69, 9.17) is 0 Å². The molecule has 0 aliphatic heterocycles. The molecule has 0 amide bonds. The molecule has 0 aliphatic rings. The molecule has 0 aliphatic carbocycles. The molecule has 1 N–H and O–H groups in total. The molecule has 2 nitrogen and oxygen atoms in total. The van der Waals surface area contributed by atoms with Crippen LogP contribution in [-0.2, 0) is 0 Å². The van der Waals surface area contributed by atoms with Crippen LogP contribution < -0.4 is 5.32 Å². The Morgan fingerprint density at radius 3 is 1.88 bits per heavy atom. The van der Waals surface area contributed by atoms with E-state index >= 15 is 0 Å². The lowest BCUT2D eigenvalue weighted by molar-refractivity contribution is 1.24. The fraction of sp³-hybridized carbons (Fsp3) is 0.533. The number of rotatable bonds is 2. The van der Waals surface area contributed by atoms with Crippen LogP contribution in [0.1, 0.15) is 52.7 Å². The molecule has 2 heteroatoms. The third-order valence-electron chi connectivity index (χ3n) is 1.65. The van der Waals surface area contributed by atoms with Crippen molar-refractivity contribution >= 4 is 11.9 Å². The second kappa shape index (κ2) is 17.1. The summed E-state index contributed by atoms with van der Waals surface area (Å²) in [4.78, 5) is 4.15. The van der Waals surface area contributed by atoms with Gasteiger partial charge in [0.15, 0.2) is 0 Å². The quantitative estimate of drug-likeness (QED) is 0.770. The predicted molar refractivity (Wildman–Crippen MR) is 82.7 cm³/mol. The third-order valence-corrected chi connectivity index (χ3v) is 1.65. The van der Waals surface area contributed by atoms with Gasteiger partial charge in [0.05, 0.1) is 0 Å². The Bertz CT molecular complexity index is 268. The molecule has 0 unspecified atom stereocenters. The lowest BCUT2D eigenvalue weighted by Crippen LogP contribution is -1.96. The van der Waals surface area contributed by atoms with Gasteiger partial charge in [0.25, 0.3) is 0 Å². The summed E-state index contributed by atoms with van der Waals surface area (Å²) in [6, 6.07) is 1.97. The lowest BCUT2D eigenvalue weighted by atomic mass is 10.1. The Balaban J connectivity index is -0.000000285. The molecule has 0 spiro atoms. The molecule has 0 aromatic carbocycles. The Morgan fingerprint density at radius 2 is 1.59 bits per heavy atom. The fourth-order valence-electron chi connectivity index (χ4n) is 1.03. The molecule has 1 aromatic heterocycles. The molecular formula is C15H30N2.